The summed E-state index contributed by atoms with van der Waals surface area (Å²) in [7, 11) is -9.21. The van der Waals surface area contributed by atoms with Gasteiger partial charge in [-0.05, 0) is 24.3 Å². The lowest BCUT2D eigenvalue weighted by Crippen LogP contribution is -2.29. The summed E-state index contributed by atoms with van der Waals surface area (Å²) in [4.78, 5) is 0. The van der Waals surface area contributed by atoms with Crippen LogP contribution < -0.4 is 8.57 Å². The first-order valence-corrected chi connectivity index (χ1v) is 10.6. The molecule has 0 spiro atoms. The summed E-state index contributed by atoms with van der Waals surface area (Å²) >= 11 is 0. The first-order chi connectivity index (χ1) is 13.9. The highest BCUT2D eigenvalue weighted by molar-refractivity contribution is 7.82. The van der Waals surface area contributed by atoms with Gasteiger partial charge in [0, 0.05) is 10.8 Å². The molecule has 2 aromatic carbocycles. The minimum absolute atomic E-state index is 0.130. The lowest BCUT2D eigenvalue weighted by molar-refractivity contribution is 0.194. The van der Waals surface area contributed by atoms with Gasteiger partial charge < -0.3 is 10.2 Å². The topological polar surface area (TPSA) is 178 Å². The molecule has 14 heteroatoms. The minimum atomic E-state index is -4.67. The van der Waals surface area contributed by atoms with E-state index in [0.717, 1.165) is 21.9 Å². The van der Waals surface area contributed by atoms with Crippen molar-refractivity contribution >= 4 is 42.6 Å². The number of nitrogens with zero attached hydrogens (tertiary/aromatic N) is 2. The number of fused-ring (bicyclic) bond motifs is 2. The number of hydrogen-bond acceptors (Lipinski definition) is 8. The fourth-order valence-corrected chi connectivity index (χ4v) is 3.27. The van der Waals surface area contributed by atoms with E-state index in [0.29, 0.717) is 21.8 Å². The van der Waals surface area contributed by atoms with Crippen LogP contribution in [0.1, 0.15) is 0 Å². The lowest BCUT2D eigenvalue weighted by Gasteiger charge is -2.09. The van der Waals surface area contributed by atoms with Crippen molar-refractivity contribution in [1.82, 2.24) is 9.46 Å². The molecule has 2 aromatic heterocycles. The van der Waals surface area contributed by atoms with Crippen molar-refractivity contribution in [3.8, 4) is 11.5 Å². The van der Waals surface area contributed by atoms with E-state index in [9.17, 15) is 18.6 Å². The monoisotopic (exact) mass is 458 g/mol. The maximum absolute atomic E-state index is 12.2. The van der Waals surface area contributed by atoms with E-state index in [1.807, 2.05) is 0 Å². The van der Waals surface area contributed by atoms with Crippen LogP contribution in [0.2, 0.25) is 0 Å². The van der Waals surface area contributed by atoms with Crippen LogP contribution in [0.3, 0.4) is 0 Å². The summed E-state index contributed by atoms with van der Waals surface area (Å²) in [6.07, 6.45) is 2.24. The van der Waals surface area contributed by atoms with Crippen molar-refractivity contribution < 1.29 is 44.7 Å². The van der Waals surface area contributed by atoms with Crippen LogP contribution in [0.4, 0.5) is 0 Å². The Morgan fingerprint density at radius 1 is 0.667 bits per heavy atom. The molecular weight excluding hydrogens is 444 g/mol. The molecule has 0 saturated heterocycles. The van der Waals surface area contributed by atoms with E-state index in [1.54, 1.807) is 48.5 Å². The first kappa shape index (κ1) is 21.3. The summed E-state index contributed by atoms with van der Waals surface area (Å²) in [5.74, 6) is -0.260. The molecule has 12 nitrogen and oxygen atoms in total. The maximum atomic E-state index is 12.2. The highest BCUT2D eigenvalue weighted by Gasteiger charge is 2.21. The molecule has 0 atom stereocenters. The van der Waals surface area contributed by atoms with Crippen molar-refractivity contribution in [2.24, 2.45) is 0 Å². The van der Waals surface area contributed by atoms with Crippen LogP contribution >= 0.6 is 0 Å². The van der Waals surface area contributed by atoms with Gasteiger partial charge in [0.1, 0.15) is 11.5 Å². The fraction of sp³-hybridized carbons (Fsp3) is 0. The van der Waals surface area contributed by atoms with Gasteiger partial charge in [-0.1, -0.05) is 24.3 Å². The molecule has 0 bridgehead atoms. The second-order valence-corrected chi connectivity index (χ2v) is 7.73. The van der Waals surface area contributed by atoms with Crippen molar-refractivity contribution in [1.29, 1.82) is 0 Å². The maximum Gasteiger partial charge on any atom is 0.539 e. The average molecular weight is 458 g/mol. The normalized spacial score (nSPS) is 11.8. The van der Waals surface area contributed by atoms with Crippen LogP contribution in [0.15, 0.2) is 60.9 Å². The first-order valence-electron chi connectivity index (χ1n) is 7.87. The minimum Gasteiger partial charge on any atom is -0.506 e. The van der Waals surface area contributed by atoms with Gasteiger partial charge in [0.2, 0.25) is 0 Å². The largest absolute Gasteiger partial charge is 0.539 e. The molecule has 4 aromatic rings. The van der Waals surface area contributed by atoms with E-state index < -0.39 is 20.8 Å². The van der Waals surface area contributed by atoms with E-state index in [-0.39, 0.29) is 11.5 Å². The van der Waals surface area contributed by atoms with Gasteiger partial charge in [-0.3, -0.25) is 17.7 Å². The molecule has 0 amide bonds. The molecule has 2 heterocycles. The van der Waals surface area contributed by atoms with Crippen LogP contribution in [-0.4, -0.2) is 45.6 Å². The van der Waals surface area contributed by atoms with Crippen molar-refractivity contribution in [2.75, 3.05) is 0 Å². The third-order valence-electron chi connectivity index (χ3n) is 3.66. The molecule has 30 heavy (non-hydrogen) atoms. The molecule has 4 rings (SSSR count). The summed E-state index contributed by atoms with van der Waals surface area (Å²) in [5, 5.41) is 20.6. The van der Waals surface area contributed by atoms with E-state index in [2.05, 4.69) is 0 Å². The van der Waals surface area contributed by atoms with Crippen molar-refractivity contribution in [3.63, 3.8) is 0 Å². The second kappa shape index (κ2) is 7.75. The van der Waals surface area contributed by atoms with Gasteiger partial charge in [-0.15, -0.1) is 8.42 Å². The zero-order valence-electron chi connectivity index (χ0n) is 14.7. The smallest absolute Gasteiger partial charge is 0.506 e. The SMILES string of the molecule is O=S(=O)(O)O.O=S(=O)(On1cc(O)c2ccccc21)On1cc(O)c2ccccc21. The number of benzene rings is 2. The fourth-order valence-electron chi connectivity index (χ4n) is 2.60. The van der Waals surface area contributed by atoms with Gasteiger partial charge in [0.25, 0.3) is 0 Å². The Morgan fingerprint density at radius 2 is 1.00 bits per heavy atom. The van der Waals surface area contributed by atoms with E-state index in [1.165, 1.54) is 0 Å². The zero-order valence-corrected chi connectivity index (χ0v) is 16.4. The predicted octanol–water partition coefficient (Wildman–Crippen LogP) is 1.16. The van der Waals surface area contributed by atoms with Crippen LogP contribution in [0, 0.1) is 0 Å². The predicted molar refractivity (Wildman–Crippen MR) is 103 cm³/mol. The zero-order chi connectivity index (χ0) is 22.1. The third-order valence-corrected chi connectivity index (χ3v) is 4.34. The van der Waals surface area contributed by atoms with Crippen LogP contribution in [-0.2, 0) is 20.8 Å². The molecule has 0 aliphatic heterocycles. The highest BCUT2D eigenvalue weighted by Crippen LogP contribution is 2.27. The number of aromatic nitrogens is 2. The highest BCUT2D eigenvalue weighted by atomic mass is 32.3. The Balaban J connectivity index is 0.000000461. The summed E-state index contributed by atoms with van der Waals surface area (Å²) < 4.78 is 67.6. The summed E-state index contributed by atoms with van der Waals surface area (Å²) in [6, 6.07) is 13.2. The molecule has 0 radical (unpaired) electrons. The number of rotatable bonds is 4. The molecule has 0 aliphatic carbocycles. The Bertz CT molecular complexity index is 1330. The molecule has 160 valence electrons. The Morgan fingerprint density at radius 3 is 1.37 bits per heavy atom. The van der Waals surface area contributed by atoms with Crippen LogP contribution in [0.5, 0.6) is 11.5 Å². The standard InChI is InChI=1S/C16H12N2O6S.H2O4S/c19-15-9-17(13-7-3-1-5-11(13)15)23-25(21,22)24-18-10-16(20)12-6-2-4-8-14(12)18;1-5(2,3)4/h1-10,19-20H;(H2,1,2,3,4). The van der Waals surface area contributed by atoms with Crippen molar-refractivity contribution in [2.45, 2.75) is 0 Å². The van der Waals surface area contributed by atoms with Gasteiger partial charge in [-0.2, -0.15) is 17.9 Å². The van der Waals surface area contributed by atoms with E-state index >= 15 is 0 Å². The molecule has 4 N–H and O–H groups in total. The van der Waals surface area contributed by atoms with Gasteiger partial charge >= 0.3 is 20.8 Å². The average Bonchev–Trinajstić information content (AvgIpc) is 3.11. The summed E-state index contributed by atoms with van der Waals surface area (Å²) in [6.45, 7) is 0. The number of hydrogen-bond donors (Lipinski definition) is 4. The van der Waals surface area contributed by atoms with Crippen molar-refractivity contribution in [3.05, 3.63) is 60.9 Å². The summed E-state index contributed by atoms with van der Waals surface area (Å²) in [5.41, 5.74) is 0.708. The number of aromatic hydroxyl groups is 2. The van der Waals surface area contributed by atoms with Gasteiger partial charge in [0.05, 0.1) is 23.4 Å². The Kier molecular flexibility index (Phi) is 5.49. The second-order valence-electron chi connectivity index (χ2n) is 5.72. The van der Waals surface area contributed by atoms with Crippen LogP contribution in [0.25, 0.3) is 21.8 Å². The number of para-hydroxylation sites is 2. The van der Waals surface area contributed by atoms with Gasteiger partial charge in [0.15, 0.2) is 0 Å². The van der Waals surface area contributed by atoms with E-state index in [4.69, 9.17) is 26.1 Å². The van der Waals surface area contributed by atoms with Gasteiger partial charge in [-0.25, -0.2) is 0 Å². The molecular formula is C16H14N2O10S2. The molecule has 0 saturated carbocycles. The Labute approximate surface area is 169 Å². The lowest BCUT2D eigenvalue weighted by atomic mass is 10.2. The third kappa shape index (κ3) is 4.93. The molecule has 0 aliphatic rings. The molecule has 0 unspecified atom stereocenters. The Hall–Kier alpha value is -3.46. The quantitative estimate of drug-likeness (QED) is 0.324. The molecule has 0 fully saturated rings.